The summed E-state index contributed by atoms with van der Waals surface area (Å²) >= 11 is 12.6. The number of piperazine rings is 1. The van der Waals surface area contributed by atoms with Gasteiger partial charge in [-0.05, 0) is 36.4 Å². The Balaban J connectivity index is 1.15. The van der Waals surface area contributed by atoms with Crippen molar-refractivity contribution in [2.75, 3.05) is 50.9 Å². The van der Waals surface area contributed by atoms with Crippen LogP contribution in [0, 0.1) is 0 Å². The van der Waals surface area contributed by atoms with Crippen molar-refractivity contribution in [2.24, 2.45) is 0 Å². The lowest BCUT2D eigenvalue weighted by Crippen LogP contribution is -2.53. The van der Waals surface area contributed by atoms with Crippen LogP contribution in [-0.2, 0) is 26.5 Å². The van der Waals surface area contributed by atoms with E-state index >= 15 is 0 Å². The topological polar surface area (TPSA) is 103 Å². The molecule has 11 nitrogen and oxygen atoms in total. The molecule has 3 heterocycles. The van der Waals surface area contributed by atoms with Gasteiger partial charge in [0, 0.05) is 42.5 Å². The van der Waals surface area contributed by atoms with Gasteiger partial charge in [0.2, 0.25) is 5.79 Å². The van der Waals surface area contributed by atoms with Crippen molar-refractivity contribution in [1.29, 1.82) is 0 Å². The van der Waals surface area contributed by atoms with E-state index in [1.165, 1.54) is 12.4 Å². The van der Waals surface area contributed by atoms with Gasteiger partial charge in [-0.25, -0.2) is 19.5 Å². The van der Waals surface area contributed by atoms with Gasteiger partial charge in [0.05, 0.1) is 11.6 Å². The number of nitrogens with zero attached hydrogens (tertiary/aromatic N) is 5. The summed E-state index contributed by atoms with van der Waals surface area (Å²) in [7, 11) is 0. The Morgan fingerprint density at radius 1 is 1.18 bits per heavy atom. The lowest BCUT2D eigenvalue weighted by atomic mass is 10.1. The first-order chi connectivity index (χ1) is 19.4. The van der Waals surface area contributed by atoms with Crippen molar-refractivity contribution in [1.82, 2.24) is 25.2 Å². The maximum atomic E-state index is 11.7. The maximum absolute atomic E-state index is 11.7. The number of carbonyl (C=O) groups is 1. The average Bonchev–Trinajstić information content (AvgIpc) is 3.62. The van der Waals surface area contributed by atoms with Crippen molar-refractivity contribution in [3.63, 3.8) is 0 Å². The molecule has 0 spiro atoms. The molecule has 2 atom stereocenters. The smallest absolute Gasteiger partial charge is 0.422 e. The number of carbonyl (C=O) groups excluding carboxylic acids is 1. The predicted octanol–water partition coefficient (Wildman–Crippen LogP) is 3.88. The molecule has 40 heavy (non-hydrogen) atoms. The summed E-state index contributed by atoms with van der Waals surface area (Å²) in [5.74, 6) is -0.442. The third-order valence-electron chi connectivity index (χ3n) is 6.54. The minimum absolute atomic E-state index is 0.181. The molecule has 1 amide bonds. The van der Waals surface area contributed by atoms with Crippen molar-refractivity contribution < 1.29 is 23.7 Å². The van der Waals surface area contributed by atoms with E-state index in [2.05, 4.69) is 27.0 Å². The van der Waals surface area contributed by atoms with E-state index in [0.717, 1.165) is 24.5 Å². The van der Waals surface area contributed by atoms with Crippen LogP contribution < -0.4 is 15.1 Å². The van der Waals surface area contributed by atoms with E-state index in [9.17, 15) is 4.79 Å². The summed E-state index contributed by atoms with van der Waals surface area (Å²) in [4.78, 5) is 18.0. The number of hydrazine groups is 1. The second-order valence-corrected chi connectivity index (χ2v) is 10.1. The number of amides is 1. The van der Waals surface area contributed by atoms with Crippen LogP contribution in [0.3, 0.4) is 0 Å². The van der Waals surface area contributed by atoms with Crippen LogP contribution in [0.4, 0.5) is 10.5 Å². The van der Waals surface area contributed by atoms with Crippen LogP contribution in [-0.4, -0.2) is 78.0 Å². The van der Waals surface area contributed by atoms with E-state index in [-0.39, 0.29) is 25.9 Å². The molecule has 0 bridgehead atoms. The number of rotatable bonds is 10. The molecule has 0 aliphatic carbocycles. The van der Waals surface area contributed by atoms with E-state index in [0.29, 0.717) is 35.3 Å². The SMILES string of the molecule is C=CCOC(=O)NN1CCN(c2ccc(OC[C@@H]3CO[C@@](Cn4cncn4)(c4ccc(Cl)cc4Cl)O3)cc2)CC1. The van der Waals surface area contributed by atoms with Crippen LogP contribution in [0.15, 0.2) is 67.8 Å². The fourth-order valence-corrected chi connectivity index (χ4v) is 5.15. The highest BCUT2D eigenvalue weighted by Gasteiger charge is 2.45. The summed E-state index contributed by atoms with van der Waals surface area (Å²) in [6.07, 6.45) is 3.77. The summed E-state index contributed by atoms with van der Waals surface area (Å²) < 4.78 is 25.3. The molecule has 13 heteroatoms. The van der Waals surface area contributed by atoms with Gasteiger partial charge < -0.3 is 23.8 Å². The number of aromatic nitrogens is 3. The third-order valence-corrected chi connectivity index (χ3v) is 7.08. The first-order valence-corrected chi connectivity index (χ1v) is 13.6. The van der Waals surface area contributed by atoms with Crippen molar-refractivity contribution >= 4 is 35.0 Å². The number of benzene rings is 2. The van der Waals surface area contributed by atoms with Crippen LogP contribution >= 0.6 is 23.2 Å². The van der Waals surface area contributed by atoms with Gasteiger partial charge in [-0.15, -0.1) is 0 Å². The van der Waals surface area contributed by atoms with Crippen LogP contribution in [0.5, 0.6) is 5.75 Å². The number of anilines is 1. The fourth-order valence-electron chi connectivity index (χ4n) is 4.60. The first-order valence-electron chi connectivity index (χ1n) is 12.8. The Labute approximate surface area is 242 Å². The number of nitrogens with one attached hydrogen (secondary N) is 1. The second-order valence-electron chi connectivity index (χ2n) is 9.30. The van der Waals surface area contributed by atoms with Crippen molar-refractivity contribution in [3.05, 3.63) is 83.4 Å². The van der Waals surface area contributed by atoms with Gasteiger partial charge in [-0.2, -0.15) is 5.10 Å². The Hall–Kier alpha value is -3.35. The lowest BCUT2D eigenvalue weighted by molar-refractivity contribution is -0.190. The first kappa shape index (κ1) is 28.2. The molecule has 3 aromatic rings. The minimum Gasteiger partial charge on any atom is -0.491 e. The standard InChI is InChI=1S/C27H30Cl2N6O5/c1-2-13-37-26(36)32-34-11-9-33(10-12-34)21-4-6-22(7-5-21)38-15-23-16-39-27(40-23,17-35-19-30-18-31-35)24-8-3-20(28)14-25(24)29/h2-8,14,18-19,23H,1,9-13,15-17H2,(H,32,36)/t23-,27-/m1/s1. The number of ether oxygens (including phenoxy) is 4. The quantitative estimate of drug-likeness (QED) is 0.353. The Morgan fingerprint density at radius 3 is 2.67 bits per heavy atom. The van der Waals surface area contributed by atoms with E-state index < -0.39 is 11.9 Å². The molecule has 212 valence electrons. The Bertz CT molecular complexity index is 1290. The largest absolute Gasteiger partial charge is 0.491 e. The zero-order valence-electron chi connectivity index (χ0n) is 21.7. The molecule has 0 unspecified atom stereocenters. The molecule has 0 saturated carbocycles. The Kier molecular flexibility index (Phi) is 9.08. The number of hydrogen-bond donors (Lipinski definition) is 1. The molecule has 2 aromatic carbocycles. The lowest BCUT2D eigenvalue weighted by Gasteiger charge is -2.35. The summed E-state index contributed by atoms with van der Waals surface area (Å²) in [6, 6.07) is 13.1. The highest BCUT2D eigenvalue weighted by Crippen LogP contribution is 2.40. The summed E-state index contributed by atoms with van der Waals surface area (Å²) in [5, 5.41) is 7.01. The minimum atomic E-state index is -1.16. The molecule has 5 rings (SSSR count). The van der Waals surface area contributed by atoms with Gasteiger partial charge in [-0.3, -0.25) is 5.43 Å². The second kappa shape index (κ2) is 12.9. The van der Waals surface area contributed by atoms with E-state index in [1.54, 1.807) is 29.2 Å². The average molecular weight is 589 g/mol. The third kappa shape index (κ3) is 6.86. The monoisotopic (exact) mass is 588 g/mol. The van der Waals surface area contributed by atoms with Crippen molar-refractivity contribution in [3.8, 4) is 5.75 Å². The highest BCUT2D eigenvalue weighted by molar-refractivity contribution is 6.35. The molecular weight excluding hydrogens is 559 g/mol. The zero-order chi connectivity index (χ0) is 28.0. The maximum Gasteiger partial charge on any atom is 0.422 e. The van der Waals surface area contributed by atoms with Crippen molar-refractivity contribution in [2.45, 2.75) is 18.4 Å². The molecule has 2 saturated heterocycles. The van der Waals surface area contributed by atoms with Crippen LogP contribution in [0.25, 0.3) is 0 Å². The van der Waals surface area contributed by atoms with E-state index in [4.69, 9.17) is 42.1 Å². The van der Waals surface area contributed by atoms with E-state index in [1.807, 2.05) is 29.3 Å². The number of halogens is 2. The molecule has 1 aromatic heterocycles. The molecule has 1 N–H and O–H groups in total. The molecule has 2 aliphatic heterocycles. The number of hydrogen-bond acceptors (Lipinski definition) is 9. The highest BCUT2D eigenvalue weighted by atomic mass is 35.5. The normalized spacial score (nSPS) is 21.2. The van der Waals surface area contributed by atoms with Gasteiger partial charge in [-0.1, -0.05) is 41.9 Å². The van der Waals surface area contributed by atoms with Gasteiger partial charge in [0.15, 0.2) is 0 Å². The fraction of sp³-hybridized carbons (Fsp3) is 0.370. The van der Waals surface area contributed by atoms with Gasteiger partial charge in [0.1, 0.15) is 44.3 Å². The van der Waals surface area contributed by atoms with Crippen LogP contribution in [0.2, 0.25) is 10.0 Å². The summed E-state index contributed by atoms with van der Waals surface area (Å²) in [5.41, 5.74) is 4.48. The Morgan fingerprint density at radius 2 is 1.98 bits per heavy atom. The molecular formula is C27H30Cl2N6O5. The van der Waals surface area contributed by atoms with Crippen LogP contribution in [0.1, 0.15) is 5.56 Å². The van der Waals surface area contributed by atoms with Gasteiger partial charge >= 0.3 is 6.09 Å². The molecule has 0 radical (unpaired) electrons. The zero-order valence-corrected chi connectivity index (χ0v) is 23.3. The molecule has 2 fully saturated rings. The molecule has 2 aliphatic rings. The summed E-state index contributed by atoms with van der Waals surface area (Å²) in [6.45, 7) is 7.45. The van der Waals surface area contributed by atoms with Gasteiger partial charge in [0.25, 0.3) is 0 Å². The predicted molar refractivity (Wildman–Crippen MR) is 149 cm³/mol.